The molecule has 6 heteroatoms. The Labute approximate surface area is 135 Å². The topological polar surface area (TPSA) is 55.1 Å². The molecule has 3 atom stereocenters. The van der Waals surface area contributed by atoms with Gasteiger partial charge in [0.1, 0.15) is 0 Å². The highest BCUT2D eigenvalue weighted by Crippen LogP contribution is 2.49. The van der Waals surface area contributed by atoms with Crippen molar-refractivity contribution in [3.63, 3.8) is 0 Å². The maximum absolute atomic E-state index is 12.0. The summed E-state index contributed by atoms with van der Waals surface area (Å²) in [5, 5.41) is 4.20. The number of amides is 1. The zero-order valence-corrected chi connectivity index (χ0v) is 13.6. The summed E-state index contributed by atoms with van der Waals surface area (Å²) >= 11 is 12.0. The molecule has 1 aliphatic carbocycles. The van der Waals surface area contributed by atoms with E-state index in [9.17, 15) is 4.79 Å². The molecule has 2 rings (SSSR count). The molecule has 0 heterocycles. The lowest BCUT2D eigenvalue weighted by Crippen LogP contribution is -2.32. The van der Waals surface area contributed by atoms with Gasteiger partial charge in [-0.25, -0.2) is 0 Å². The normalized spacial score (nSPS) is 21.8. The van der Waals surface area contributed by atoms with Crippen LogP contribution in [-0.2, 0) is 4.79 Å². The minimum atomic E-state index is 0. The standard InChI is InChI=1S/C14H18Cl2N2O.ClH/c1-8(6-17)7-18-14(19)12-5-11(12)10-3-2-9(15)4-13(10)16;/h2-4,8,11-12H,5-7,17H2,1H3,(H,18,19);1H. The van der Waals surface area contributed by atoms with Gasteiger partial charge in [0.15, 0.2) is 0 Å². The Kier molecular flexibility index (Phi) is 6.59. The zero-order valence-electron chi connectivity index (χ0n) is 11.2. The first-order chi connectivity index (χ1) is 9.02. The van der Waals surface area contributed by atoms with Crippen LogP contribution >= 0.6 is 35.6 Å². The maximum Gasteiger partial charge on any atom is 0.223 e. The average Bonchev–Trinajstić information content (AvgIpc) is 3.15. The second kappa shape index (κ2) is 7.51. The van der Waals surface area contributed by atoms with Gasteiger partial charge in [-0.2, -0.15) is 0 Å². The summed E-state index contributed by atoms with van der Waals surface area (Å²) in [5.41, 5.74) is 6.53. The van der Waals surface area contributed by atoms with Crippen molar-refractivity contribution in [1.82, 2.24) is 5.32 Å². The van der Waals surface area contributed by atoms with Crippen LogP contribution in [0.3, 0.4) is 0 Å². The number of carbonyl (C=O) groups is 1. The first-order valence-electron chi connectivity index (χ1n) is 6.45. The van der Waals surface area contributed by atoms with Crippen molar-refractivity contribution in [2.24, 2.45) is 17.6 Å². The maximum atomic E-state index is 12.0. The Bertz CT molecular complexity index is 481. The van der Waals surface area contributed by atoms with Crippen LogP contribution in [0.1, 0.15) is 24.8 Å². The molecule has 3 N–H and O–H groups in total. The number of hydrogen-bond acceptors (Lipinski definition) is 2. The Hall–Kier alpha value is -0.480. The van der Waals surface area contributed by atoms with Crippen LogP contribution in [0.2, 0.25) is 10.0 Å². The van der Waals surface area contributed by atoms with E-state index in [1.807, 2.05) is 19.1 Å². The van der Waals surface area contributed by atoms with E-state index in [0.717, 1.165) is 12.0 Å². The molecule has 1 fully saturated rings. The number of carbonyl (C=O) groups excluding carboxylic acids is 1. The van der Waals surface area contributed by atoms with Crippen molar-refractivity contribution in [3.05, 3.63) is 33.8 Å². The lowest BCUT2D eigenvalue weighted by atomic mass is 10.1. The fraction of sp³-hybridized carbons (Fsp3) is 0.500. The summed E-state index contributed by atoms with van der Waals surface area (Å²) in [7, 11) is 0. The average molecular weight is 338 g/mol. The quantitative estimate of drug-likeness (QED) is 0.866. The van der Waals surface area contributed by atoms with Gasteiger partial charge in [-0.1, -0.05) is 36.2 Å². The summed E-state index contributed by atoms with van der Waals surface area (Å²) < 4.78 is 0. The van der Waals surface area contributed by atoms with E-state index in [1.54, 1.807) is 6.07 Å². The lowest BCUT2D eigenvalue weighted by Gasteiger charge is -2.10. The first kappa shape index (κ1) is 17.6. The van der Waals surface area contributed by atoms with E-state index < -0.39 is 0 Å². The highest BCUT2D eigenvalue weighted by molar-refractivity contribution is 6.35. The molecular weight excluding hydrogens is 319 g/mol. The minimum absolute atomic E-state index is 0. The van der Waals surface area contributed by atoms with E-state index >= 15 is 0 Å². The van der Waals surface area contributed by atoms with Gasteiger partial charge in [0, 0.05) is 22.5 Å². The molecule has 1 aromatic rings. The number of hydrogen-bond donors (Lipinski definition) is 2. The molecule has 3 nitrogen and oxygen atoms in total. The van der Waals surface area contributed by atoms with Gasteiger partial charge in [0.2, 0.25) is 5.91 Å². The monoisotopic (exact) mass is 336 g/mol. The summed E-state index contributed by atoms with van der Waals surface area (Å²) in [6.45, 7) is 3.23. The van der Waals surface area contributed by atoms with Gasteiger partial charge in [-0.15, -0.1) is 12.4 Å². The Balaban J connectivity index is 0.00000200. The SMILES string of the molecule is CC(CN)CNC(=O)C1CC1c1ccc(Cl)cc1Cl.Cl. The minimum Gasteiger partial charge on any atom is -0.356 e. The molecule has 0 aliphatic heterocycles. The Morgan fingerprint density at radius 3 is 2.80 bits per heavy atom. The van der Waals surface area contributed by atoms with Gasteiger partial charge >= 0.3 is 0 Å². The van der Waals surface area contributed by atoms with Crippen LogP contribution in [-0.4, -0.2) is 19.0 Å². The summed E-state index contributed by atoms with van der Waals surface area (Å²) in [6.07, 6.45) is 0.851. The van der Waals surface area contributed by atoms with Gasteiger partial charge < -0.3 is 11.1 Å². The predicted octanol–water partition coefficient (Wildman–Crippen LogP) is 3.23. The third kappa shape index (κ3) is 4.26. The van der Waals surface area contributed by atoms with Crippen molar-refractivity contribution in [2.45, 2.75) is 19.3 Å². The largest absolute Gasteiger partial charge is 0.356 e. The summed E-state index contributed by atoms with van der Waals surface area (Å²) in [6, 6.07) is 5.44. The summed E-state index contributed by atoms with van der Waals surface area (Å²) in [4.78, 5) is 12.0. The molecule has 0 spiro atoms. The summed E-state index contributed by atoms with van der Waals surface area (Å²) in [5.74, 6) is 0.651. The van der Waals surface area contributed by atoms with Gasteiger partial charge in [-0.05, 0) is 42.5 Å². The second-order valence-corrected chi connectivity index (χ2v) is 6.04. The van der Waals surface area contributed by atoms with Crippen LogP contribution in [0, 0.1) is 11.8 Å². The van der Waals surface area contributed by atoms with Crippen LogP contribution in [0.15, 0.2) is 18.2 Å². The molecule has 0 radical (unpaired) electrons. The second-order valence-electron chi connectivity index (χ2n) is 5.20. The van der Waals surface area contributed by atoms with E-state index in [2.05, 4.69) is 5.32 Å². The van der Waals surface area contributed by atoms with Crippen LogP contribution in [0.25, 0.3) is 0 Å². The highest BCUT2D eigenvalue weighted by atomic mass is 35.5. The molecule has 0 saturated heterocycles. The van der Waals surface area contributed by atoms with E-state index in [1.165, 1.54) is 0 Å². The molecule has 3 unspecified atom stereocenters. The lowest BCUT2D eigenvalue weighted by molar-refractivity contribution is -0.122. The Morgan fingerprint density at radius 1 is 1.50 bits per heavy atom. The third-order valence-corrected chi connectivity index (χ3v) is 4.08. The molecule has 1 amide bonds. The fourth-order valence-corrected chi connectivity index (χ4v) is 2.67. The van der Waals surface area contributed by atoms with Crippen molar-refractivity contribution in [2.75, 3.05) is 13.1 Å². The molecule has 20 heavy (non-hydrogen) atoms. The molecule has 1 saturated carbocycles. The van der Waals surface area contributed by atoms with Crippen LogP contribution in [0.5, 0.6) is 0 Å². The molecule has 112 valence electrons. The third-order valence-electron chi connectivity index (χ3n) is 3.52. The van der Waals surface area contributed by atoms with Crippen molar-refractivity contribution in [1.29, 1.82) is 0 Å². The molecule has 1 aromatic carbocycles. The first-order valence-corrected chi connectivity index (χ1v) is 7.21. The van der Waals surface area contributed by atoms with Gasteiger partial charge in [-0.3, -0.25) is 4.79 Å². The van der Waals surface area contributed by atoms with E-state index in [-0.39, 0.29) is 30.2 Å². The number of halogens is 3. The van der Waals surface area contributed by atoms with Crippen LogP contribution < -0.4 is 11.1 Å². The smallest absolute Gasteiger partial charge is 0.223 e. The fourth-order valence-electron chi connectivity index (χ4n) is 2.12. The number of rotatable bonds is 5. The van der Waals surface area contributed by atoms with E-state index in [0.29, 0.717) is 29.1 Å². The van der Waals surface area contributed by atoms with Crippen molar-refractivity contribution < 1.29 is 4.79 Å². The predicted molar refractivity (Wildman–Crippen MR) is 85.8 cm³/mol. The molecular formula is C14H19Cl3N2O. The van der Waals surface area contributed by atoms with Crippen molar-refractivity contribution >= 4 is 41.5 Å². The zero-order chi connectivity index (χ0) is 14.0. The van der Waals surface area contributed by atoms with Gasteiger partial charge in [0.05, 0.1) is 0 Å². The van der Waals surface area contributed by atoms with E-state index in [4.69, 9.17) is 28.9 Å². The molecule has 0 bridgehead atoms. The molecule has 0 aromatic heterocycles. The molecule has 1 aliphatic rings. The van der Waals surface area contributed by atoms with Crippen LogP contribution in [0.4, 0.5) is 0 Å². The highest BCUT2D eigenvalue weighted by Gasteiger charge is 2.44. The number of benzene rings is 1. The van der Waals surface area contributed by atoms with Gasteiger partial charge in [0.25, 0.3) is 0 Å². The Morgan fingerprint density at radius 2 is 2.20 bits per heavy atom. The number of nitrogens with two attached hydrogens (primary N) is 1. The van der Waals surface area contributed by atoms with Crippen molar-refractivity contribution in [3.8, 4) is 0 Å². The number of nitrogens with one attached hydrogen (secondary N) is 1.